The summed E-state index contributed by atoms with van der Waals surface area (Å²) in [6, 6.07) is 0. The Hall–Kier alpha value is 0.470. The van der Waals surface area contributed by atoms with Crippen LogP contribution in [0.5, 0.6) is 0 Å². The molecule has 1 atom stereocenters. The molecule has 0 aromatic rings. The lowest BCUT2D eigenvalue weighted by Crippen LogP contribution is -2.09. The maximum Gasteiger partial charge on any atom is 0.0353 e. The molecule has 1 heteroatoms. The van der Waals surface area contributed by atoms with Crippen molar-refractivity contribution < 1.29 is 0 Å². The summed E-state index contributed by atoms with van der Waals surface area (Å²) in [5.41, 5.74) is 1.64. The average Bonchev–Trinajstić information content (AvgIpc) is 1.65. The molecule has 1 rings (SSSR count). The molecule has 0 amide bonds. The predicted molar refractivity (Wildman–Crippen MR) is 40.8 cm³/mol. The summed E-state index contributed by atoms with van der Waals surface area (Å²) in [7, 11) is 0. The smallest absolute Gasteiger partial charge is 0.0353 e. The van der Waals surface area contributed by atoms with Crippen molar-refractivity contribution in [1.29, 1.82) is 0 Å². The normalized spacial score (nSPS) is 28.9. The molecule has 0 N–H and O–H groups in total. The summed E-state index contributed by atoms with van der Waals surface area (Å²) < 4.78 is 0.877. The van der Waals surface area contributed by atoms with E-state index < -0.39 is 0 Å². The van der Waals surface area contributed by atoms with Crippen LogP contribution in [0.25, 0.3) is 0 Å². The van der Waals surface area contributed by atoms with Crippen LogP contribution in [0.4, 0.5) is 0 Å². The van der Waals surface area contributed by atoms with Crippen molar-refractivity contribution in [3.63, 3.8) is 0 Å². The van der Waals surface area contributed by atoms with Crippen molar-refractivity contribution in [2.75, 3.05) is 0 Å². The molecule has 7 heavy (non-hydrogen) atoms. The first-order chi connectivity index (χ1) is 3.34. The Morgan fingerprint density at radius 1 is 2.00 bits per heavy atom. The first-order valence-corrected chi connectivity index (χ1v) is 3.92. The van der Waals surface area contributed by atoms with Gasteiger partial charge in [-0.25, -0.2) is 0 Å². The molecule has 0 saturated heterocycles. The summed E-state index contributed by atoms with van der Waals surface area (Å²) in [6.45, 7) is 2.22. The van der Waals surface area contributed by atoms with E-state index in [4.69, 9.17) is 0 Å². The van der Waals surface area contributed by atoms with Gasteiger partial charge in [0.15, 0.2) is 0 Å². The van der Waals surface area contributed by atoms with E-state index in [0.29, 0.717) is 0 Å². The zero-order chi connectivity index (χ0) is 5.28. The van der Waals surface area contributed by atoms with Gasteiger partial charge >= 0.3 is 0 Å². The number of allylic oxidation sites excluding steroid dienone is 2. The average molecular weight is 208 g/mol. The standard InChI is InChI=1S/C6H9I/c1-2-5-3-4-6(5)7/h3,6H,2,4H2,1H3. The number of rotatable bonds is 1. The number of alkyl halides is 1. The number of hydrogen-bond donors (Lipinski definition) is 0. The van der Waals surface area contributed by atoms with E-state index in [0.717, 1.165) is 3.92 Å². The van der Waals surface area contributed by atoms with Crippen LogP contribution in [0.15, 0.2) is 11.6 Å². The quantitative estimate of drug-likeness (QED) is 0.353. The maximum atomic E-state index is 2.49. The Morgan fingerprint density at radius 3 is 2.71 bits per heavy atom. The minimum absolute atomic E-state index is 0.877. The summed E-state index contributed by atoms with van der Waals surface area (Å²) in [5.74, 6) is 0. The molecule has 0 heterocycles. The van der Waals surface area contributed by atoms with E-state index in [1.807, 2.05) is 0 Å². The van der Waals surface area contributed by atoms with E-state index in [-0.39, 0.29) is 0 Å². The van der Waals surface area contributed by atoms with Gasteiger partial charge in [0.25, 0.3) is 0 Å². The molecule has 1 aliphatic carbocycles. The van der Waals surface area contributed by atoms with E-state index in [1.165, 1.54) is 12.8 Å². The fraction of sp³-hybridized carbons (Fsp3) is 0.667. The van der Waals surface area contributed by atoms with Gasteiger partial charge in [-0.3, -0.25) is 0 Å². The largest absolute Gasteiger partial charge is 0.0829 e. The van der Waals surface area contributed by atoms with E-state index in [2.05, 4.69) is 35.6 Å². The molecule has 40 valence electrons. The van der Waals surface area contributed by atoms with Gasteiger partial charge in [0.1, 0.15) is 0 Å². The monoisotopic (exact) mass is 208 g/mol. The number of hydrogen-bond acceptors (Lipinski definition) is 0. The highest BCUT2D eigenvalue weighted by Gasteiger charge is 2.14. The highest BCUT2D eigenvalue weighted by molar-refractivity contribution is 14.1. The Balaban J connectivity index is 2.41. The Kier molecular flexibility index (Phi) is 1.73. The van der Waals surface area contributed by atoms with Crippen molar-refractivity contribution >= 4 is 22.6 Å². The molecule has 0 bridgehead atoms. The molecule has 0 fully saturated rings. The van der Waals surface area contributed by atoms with Crippen LogP contribution in [0.3, 0.4) is 0 Å². The predicted octanol–water partition coefficient (Wildman–Crippen LogP) is 2.53. The van der Waals surface area contributed by atoms with Crippen LogP contribution in [0, 0.1) is 0 Å². The van der Waals surface area contributed by atoms with Crippen molar-refractivity contribution in [3.05, 3.63) is 11.6 Å². The van der Waals surface area contributed by atoms with Crippen molar-refractivity contribution in [1.82, 2.24) is 0 Å². The van der Waals surface area contributed by atoms with Crippen LogP contribution >= 0.6 is 22.6 Å². The van der Waals surface area contributed by atoms with Gasteiger partial charge in [-0.2, -0.15) is 0 Å². The van der Waals surface area contributed by atoms with Crippen molar-refractivity contribution in [2.45, 2.75) is 23.7 Å². The number of halogens is 1. The maximum absolute atomic E-state index is 2.49. The molecule has 1 unspecified atom stereocenters. The second-order valence-electron chi connectivity index (χ2n) is 1.84. The van der Waals surface area contributed by atoms with Crippen LogP contribution in [0.2, 0.25) is 0 Å². The minimum atomic E-state index is 0.877. The van der Waals surface area contributed by atoms with E-state index >= 15 is 0 Å². The second kappa shape index (κ2) is 2.16. The zero-order valence-corrected chi connectivity index (χ0v) is 6.60. The van der Waals surface area contributed by atoms with E-state index in [1.54, 1.807) is 5.57 Å². The molecule has 0 aromatic heterocycles. The SMILES string of the molecule is CCC1=CCC1I. The first-order valence-electron chi connectivity index (χ1n) is 2.67. The van der Waals surface area contributed by atoms with Crippen LogP contribution in [-0.2, 0) is 0 Å². The molecule has 0 spiro atoms. The lowest BCUT2D eigenvalue weighted by molar-refractivity contribution is 0.858. The van der Waals surface area contributed by atoms with Gasteiger partial charge in [0.2, 0.25) is 0 Å². The lowest BCUT2D eigenvalue weighted by atomic mass is 9.97. The zero-order valence-electron chi connectivity index (χ0n) is 4.45. The second-order valence-corrected chi connectivity index (χ2v) is 3.34. The Bertz CT molecular complexity index is 94.4. The molecule has 0 radical (unpaired) electrons. The van der Waals surface area contributed by atoms with Gasteiger partial charge in [0.05, 0.1) is 0 Å². The van der Waals surface area contributed by atoms with Gasteiger partial charge < -0.3 is 0 Å². The molecule has 0 aliphatic heterocycles. The fourth-order valence-electron chi connectivity index (χ4n) is 0.739. The summed E-state index contributed by atoms with van der Waals surface area (Å²) in [6.07, 6.45) is 4.90. The summed E-state index contributed by atoms with van der Waals surface area (Å²) >= 11 is 2.49. The minimum Gasteiger partial charge on any atom is -0.0829 e. The summed E-state index contributed by atoms with van der Waals surface area (Å²) in [4.78, 5) is 0. The van der Waals surface area contributed by atoms with Crippen LogP contribution < -0.4 is 0 Å². The molecule has 1 aliphatic rings. The van der Waals surface area contributed by atoms with Gasteiger partial charge in [0, 0.05) is 3.92 Å². The highest BCUT2D eigenvalue weighted by atomic mass is 127. The van der Waals surface area contributed by atoms with Gasteiger partial charge in [-0.05, 0) is 12.8 Å². The third-order valence-electron chi connectivity index (χ3n) is 1.40. The van der Waals surface area contributed by atoms with Gasteiger partial charge in [-0.15, -0.1) is 0 Å². The highest BCUT2D eigenvalue weighted by Crippen LogP contribution is 2.29. The third-order valence-corrected chi connectivity index (χ3v) is 2.71. The van der Waals surface area contributed by atoms with Crippen molar-refractivity contribution in [3.8, 4) is 0 Å². The van der Waals surface area contributed by atoms with E-state index in [9.17, 15) is 0 Å². The first kappa shape index (κ1) is 5.60. The molecule has 0 aromatic carbocycles. The van der Waals surface area contributed by atoms with Crippen LogP contribution in [-0.4, -0.2) is 3.92 Å². The Labute approximate surface area is 58.1 Å². The lowest BCUT2D eigenvalue weighted by Gasteiger charge is -2.19. The van der Waals surface area contributed by atoms with Crippen LogP contribution in [0.1, 0.15) is 19.8 Å². The topological polar surface area (TPSA) is 0 Å². The third kappa shape index (κ3) is 0.983. The molecule has 0 saturated carbocycles. The summed E-state index contributed by atoms with van der Waals surface area (Å²) in [5, 5.41) is 0. The molecule has 0 nitrogen and oxygen atoms in total. The molecular formula is C6H9I. The van der Waals surface area contributed by atoms with Crippen molar-refractivity contribution in [2.24, 2.45) is 0 Å². The Morgan fingerprint density at radius 2 is 2.71 bits per heavy atom. The molecular weight excluding hydrogens is 199 g/mol. The van der Waals surface area contributed by atoms with Gasteiger partial charge in [-0.1, -0.05) is 41.2 Å². The fourth-order valence-corrected chi connectivity index (χ4v) is 1.69.